The van der Waals surface area contributed by atoms with Crippen LogP contribution in [0, 0.1) is 5.92 Å². The van der Waals surface area contributed by atoms with E-state index in [1.807, 2.05) is 20.8 Å². The van der Waals surface area contributed by atoms with Crippen LogP contribution >= 0.6 is 0 Å². The number of esters is 1. The Morgan fingerprint density at radius 2 is 2.21 bits per heavy atom. The number of methoxy groups -OCH3 is 1. The van der Waals surface area contributed by atoms with Crippen LogP contribution in [0.2, 0.25) is 0 Å². The van der Waals surface area contributed by atoms with Crippen molar-refractivity contribution in [3.63, 3.8) is 0 Å². The third kappa shape index (κ3) is 2.25. The van der Waals surface area contributed by atoms with Gasteiger partial charge in [-0.1, -0.05) is 6.92 Å². The summed E-state index contributed by atoms with van der Waals surface area (Å²) < 4.78 is 10.3. The van der Waals surface area contributed by atoms with Crippen molar-refractivity contribution in [3.05, 3.63) is 0 Å². The summed E-state index contributed by atoms with van der Waals surface area (Å²) in [5.41, 5.74) is 4.92. The second-order valence-corrected chi connectivity index (χ2v) is 4.67. The zero-order valence-corrected chi connectivity index (χ0v) is 9.29. The smallest absolute Gasteiger partial charge is 0.309 e. The zero-order valence-electron chi connectivity index (χ0n) is 9.29. The molecule has 2 N–H and O–H groups in total. The summed E-state index contributed by atoms with van der Waals surface area (Å²) in [6.45, 7) is 5.96. The Kier molecular flexibility index (Phi) is 2.88. The van der Waals surface area contributed by atoms with Crippen LogP contribution in [0.5, 0.6) is 0 Å². The lowest BCUT2D eigenvalue weighted by Gasteiger charge is -2.28. The molecule has 0 radical (unpaired) electrons. The number of hydrogen-bond acceptors (Lipinski definition) is 4. The van der Waals surface area contributed by atoms with Crippen LogP contribution in [0.4, 0.5) is 0 Å². The van der Waals surface area contributed by atoms with Gasteiger partial charge in [-0.05, 0) is 20.3 Å². The van der Waals surface area contributed by atoms with Gasteiger partial charge in [0.2, 0.25) is 0 Å². The first kappa shape index (κ1) is 11.5. The molecule has 0 amide bonds. The van der Waals surface area contributed by atoms with E-state index in [1.165, 1.54) is 7.11 Å². The van der Waals surface area contributed by atoms with Crippen LogP contribution in [0.15, 0.2) is 0 Å². The van der Waals surface area contributed by atoms with Crippen LogP contribution in [0.3, 0.4) is 0 Å². The van der Waals surface area contributed by atoms with Gasteiger partial charge in [-0.3, -0.25) is 4.79 Å². The highest BCUT2D eigenvalue weighted by molar-refractivity contribution is 5.70. The molecule has 1 aliphatic rings. The molecule has 82 valence electrons. The fraction of sp³-hybridized carbons (Fsp3) is 0.900. The van der Waals surface area contributed by atoms with E-state index < -0.39 is 5.72 Å². The van der Waals surface area contributed by atoms with E-state index in [-0.39, 0.29) is 23.9 Å². The average molecular weight is 201 g/mol. The van der Waals surface area contributed by atoms with Crippen molar-refractivity contribution in [2.45, 2.75) is 44.9 Å². The highest BCUT2D eigenvalue weighted by Gasteiger charge is 2.48. The fourth-order valence-electron chi connectivity index (χ4n) is 2.07. The summed E-state index contributed by atoms with van der Waals surface area (Å²) in [6, 6.07) is 0. The van der Waals surface area contributed by atoms with Gasteiger partial charge in [0.05, 0.1) is 19.1 Å². The minimum Gasteiger partial charge on any atom is -0.469 e. The molecule has 1 fully saturated rings. The lowest BCUT2D eigenvalue weighted by atomic mass is 9.91. The molecule has 0 saturated carbocycles. The second kappa shape index (κ2) is 3.51. The number of nitrogens with two attached hydrogens (primary N) is 1. The number of carbonyl (C=O) groups is 1. The molecule has 1 heterocycles. The Morgan fingerprint density at radius 1 is 1.64 bits per heavy atom. The topological polar surface area (TPSA) is 61.5 Å². The van der Waals surface area contributed by atoms with Gasteiger partial charge in [-0.15, -0.1) is 0 Å². The highest BCUT2D eigenvalue weighted by Crippen LogP contribution is 2.40. The van der Waals surface area contributed by atoms with E-state index in [0.717, 1.165) is 6.42 Å². The Bertz CT molecular complexity index is 240. The Hall–Kier alpha value is -0.610. The molecular weight excluding hydrogens is 182 g/mol. The van der Waals surface area contributed by atoms with Crippen LogP contribution in [0.25, 0.3) is 0 Å². The molecule has 0 spiro atoms. The lowest BCUT2D eigenvalue weighted by molar-refractivity contribution is -0.153. The predicted molar refractivity (Wildman–Crippen MR) is 52.5 cm³/mol. The first-order valence-electron chi connectivity index (χ1n) is 4.85. The van der Waals surface area contributed by atoms with Gasteiger partial charge in [0, 0.05) is 5.92 Å². The SMILES string of the molecule is COC(=O)CC1(N)OC(C)(C)C[C@H]1C. The van der Waals surface area contributed by atoms with Gasteiger partial charge >= 0.3 is 5.97 Å². The first-order valence-corrected chi connectivity index (χ1v) is 4.85. The second-order valence-electron chi connectivity index (χ2n) is 4.67. The molecule has 0 aromatic heterocycles. The summed E-state index contributed by atoms with van der Waals surface area (Å²) >= 11 is 0. The summed E-state index contributed by atoms with van der Waals surface area (Å²) in [5, 5.41) is 0. The molecular formula is C10H19NO3. The van der Waals surface area contributed by atoms with Crippen LogP contribution in [-0.4, -0.2) is 24.4 Å². The monoisotopic (exact) mass is 201 g/mol. The predicted octanol–water partition coefficient (Wildman–Crippen LogP) is 1.04. The molecule has 0 aliphatic carbocycles. The Morgan fingerprint density at radius 3 is 2.57 bits per heavy atom. The molecule has 0 bridgehead atoms. The molecule has 1 rings (SSSR count). The minimum atomic E-state index is -0.864. The minimum absolute atomic E-state index is 0.119. The van der Waals surface area contributed by atoms with Crippen LogP contribution in [-0.2, 0) is 14.3 Å². The third-order valence-corrected chi connectivity index (χ3v) is 2.75. The average Bonchev–Trinajstić information content (AvgIpc) is 2.20. The van der Waals surface area contributed by atoms with E-state index in [1.54, 1.807) is 0 Å². The van der Waals surface area contributed by atoms with Crippen molar-refractivity contribution in [3.8, 4) is 0 Å². The van der Waals surface area contributed by atoms with Gasteiger partial charge in [0.25, 0.3) is 0 Å². The van der Waals surface area contributed by atoms with Crippen LogP contribution in [0.1, 0.15) is 33.6 Å². The zero-order chi connectivity index (χ0) is 11.0. The van der Waals surface area contributed by atoms with E-state index in [9.17, 15) is 4.79 Å². The lowest BCUT2D eigenvalue weighted by Crippen LogP contribution is -2.47. The van der Waals surface area contributed by atoms with E-state index >= 15 is 0 Å². The van der Waals surface area contributed by atoms with Crippen molar-refractivity contribution in [1.29, 1.82) is 0 Å². The molecule has 1 aliphatic heterocycles. The van der Waals surface area contributed by atoms with Gasteiger partial charge in [0.1, 0.15) is 5.72 Å². The quantitative estimate of drug-likeness (QED) is 0.678. The first-order chi connectivity index (χ1) is 6.29. The molecule has 1 unspecified atom stereocenters. The fourth-order valence-corrected chi connectivity index (χ4v) is 2.07. The molecule has 0 aromatic carbocycles. The van der Waals surface area contributed by atoms with Gasteiger partial charge in [0.15, 0.2) is 0 Å². The van der Waals surface area contributed by atoms with Gasteiger partial charge in [-0.25, -0.2) is 0 Å². The standard InChI is InChI=1S/C10H19NO3/c1-7-5-9(2,3)14-10(7,11)6-8(12)13-4/h7H,5-6,11H2,1-4H3/t7-,10?/m1/s1. The maximum atomic E-state index is 11.1. The van der Waals surface area contributed by atoms with E-state index in [0.29, 0.717) is 0 Å². The Labute approximate surface area is 84.7 Å². The molecule has 1 saturated heterocycles. The van der Waals surface area contributed by atoms with Crippen molar-refractivity contribution in [1.82, 2.24) is 0 Å². The largest absolute Gasteiger partial charge is 0.469 e. The molecule has 4 nitrogen and oxygen atoms in total. The van der Waals surface area contributed by atoms with Crippen molar-refractivity contribution >= 4 is 5.97 Å². The molecule has 4 heteroatoms. The van der Waals surface area contributed by atoms with Gasteiger partial charge in [-0.2, -0.15) is 0 Å². The maximum Gasteiger partial charge on any atom is 0.309 e. The summed E-state index contributed by atoms with van der Waals surface area (Å²) in [5.74, 6) is -0.159. The highest BCUT2D eigenvalue weighted by atomic mass is 16.6. The molecule has 14 heavy (non-hydrogen) atoms. The number of ether oxygens (including phenoxy) is 2. The van der Waals surface area contributed by atoms with Crippen molar-refractivity contribution < 1.29 is 14.3 Å². The van der Waals surface area contributed by atoms with Gasteiger partial charge < -0.3 is 15.2 Å². The van der Waals surface area contributed by atoms with E-state index in [2.05, 4.69) is 4.74 Å². The van der Waals surface area contributed by atoms with E-state index in [4.69, 9.17) is 10.5 Å². The summed E-state index contributed by atoms with van der Waals surface area (Å²) in [4.78, 5) is 11.1. The maximum absolute atomic E-state index is 11.1. The number of hydrogen-bond donors (Lipinski definition) is 1. The number of rotatable bonds is 2. The number of carbonyl (C=O) groups excluding carboxylic acids is 1. The third-order valence-electron chi connectivity index (χ3n) is 2.75. The molecule has 2 atom stereocenters. The Balaban J connectivity index is 2.70. The van der Waals surface area contributed by atoms with Crippen LogP contribution < -0.4 is 5.73 Å². The summed E-state index contributed by atoms with van der Waals surface area (Å²) in [7, 11) is 1.36. The normalized spacial score (nSPS) is 35.6. The summed E-state index contributed by atoms with van der Waals surface area (Å²) in [6.07, 6.45) is 0.981. The van der Waals surface area contributed by atoms with Crippen molar-refractivity contribution in [2.24, 2.45) is 11.7 Å². The van der Waals surface area contributed by atoms with Crippen molar-refractivity contribution in [2.75, 3.05) is 7.11 Å². The molecule has 0 aromatic rings.